The molecule has 4 nitrogen and oxygen atoms in total. The van der Waals surface area contributed by atoms with Crippen molar-refractivity contribution in [2.45, 2.75) is 48.4 Å². The highest BCUT2D eigenvalue weighted by Gasteiger charge is 2.27. The van der Waals surface area contributed by atoms with Crippen molar-refractivity contribution in [3.05, 3.63) is 24.5 Å². The summed E-state index contributed by atoms with van der Waals surface area (Å²) in [6, 6.07) is 2.97. The normalized spacial score (nSPS) is 25.6. The van der Waals surface area contributed by atoms with E-state index < -0.39 is 10.0 Å². The third-order valence-corrected chi connectivity index (χ3v) is 5.18. The van der Waals surface area contributed by atoms with Gasteiger partial charge in [0.05, 0.1) is 0 Å². The van der Waals surface area contributed by atoms with Crippen molar-refractivity contribution in [3.63, 3.8) is 0 Å². The van der Waals surface area contributed by atoms with Crippen LogP contribution in [0, 0.1) is 0 Å². The van der Waals surface area contributed by atoms with Crippen molar-refractivity contribution in [2.24, 2.45) is 0 Å². The molecule has 1 aliphatic carbocycles. The van der Waals surface area contributed by atoms with Crippen LogP contribution in [0.3, 0.4) is 0 Å². The quantitative estimate of drug-likeness (QED) is 0.686. The third kappa shape index (κ3) is 3.43. The summed E-state index contributed by atoms with van der Waals surface area (Å²) in [6.07, 6.45) is 7.77. The molecule has 0 spiro atoms. The molecule has 100 valence electrons. The van der Waals surface area contributed by atoms with E-state index in [0.29, 0.717) is 0 Å². The maximum atomic E-state index is 12.1. The first-order valence-corrected chi connectivity index (χ1v) is 8.08. The first-order chi connectivity index (χ1) is 8.59. The summed E-state index contributed by atoms with van der Waals surface area (Å²) in [5, 5.41) is -0.126. The SMILES string of the molecule is O=S(=O)(NC1CCCCCC1Cl)c1cccnc1. The summed E-state index contributed by atoms with van der Waals surface area (Å²) in [4.78, 5) is 4.02. The molecule has 1 aromatic heterocycles. The minimum Gasteiger partial charge on any atom is -0.263 e. The average molecular weight is 289 g/mol. The molecule has 2 rings (SSSR count). The lowest BCUT2D eigenvalue weighted by Gasteiger charge is -2.20. The fraction of sp³-hybridized carbons (Fsp3) is 0.583. The molecule has 0 radical (unpaired) electrons. The summed E-state index contributed by atoms with van der Waals surface area (Å²) < 4.78 is 27.0. The molecule has 0 saturated heterocycles. The van der Waals surface area contributed by atoms with Crippen molar-refractivity contribution >= 4 is 21.6 Å². The first kappa shape index (κ1) is 13.8. The van der Waals surface area contributed by atoms with Gasteiger partial charge in [-0.1, -0.05) is 19.3 Å². The number of sulfonamides is 1. The monoisotopic (exact) mass is 288 g/mol. The molecule has 0 amide bonds. The number of rotatable bonds is 3. The second-order valence-electron chi connectivity index (χ2n) is 4.57. The van der Waals surface area contributed by atoms with Gasteiger partial charge in [-0.05, 0) is 25.0 Å². The Kier molecular flexibility index (Phi) is 4.59. The van der Waals surface area contributed by atoms with Gasteiger partial charge in [0, 0.05) is 23.8 Å². The zero-order valence-corrected chi connectivity index (χ0v) is 11.6. The van der Waals surface area contributed by atoms with E-state index >= 15 is 0 Å². The Morgan fingerprint density at radius 1 is 1.28 bits per heavy atom. The molecule has 1 saturated carbocycles. The van der Waals surface area contributed by atoms with Gasteiger partial charge in [-0.3, -0.25) is 4.98 Å². The van der Waals surface area contributed by atoms with Crippen LogP contribution in [0.5, 0.6) is 0 Å². The number of nitrogens with zero attached hydrogens (tertiary/aromatic N) is 1. The molecule has 1 aliphatic rings. The zero-order valence-electron chi connectivity index (χ0n) is 10.0. The molecule has 0 aromatic carbocycles. The molecule has 1 N–H and O–H groups in total. The highest BCUT2D eigenvalue weighted by atomic mass is 35.5. The van der Waals surface area contributed by atoms with Crippen LogP contribution in [0.1, 0.15) is 32.1 Å². The molecule has 6 heteroatoms. The molecule has 0 bridgehead atoms. The van der Waals surface area contributed by atoms with Crippen molar-refractivity contribution in [2.75, 3.05) is 0 Å². The second kappa shape index (κ2) is 5.99. The Bertz CT molecular complexity index is 478. The van der Waals surface area contributed by atoms with Gasteiger partial charge in [0.15, 0.2) is 0 Å². The molecular weight excluding hydrogens is 272 g/mol. The van der Waals surface area contributed by atoms with Gasteiger partial charge in [0.1, 0.15) is 4.90 Å². The zero-order chi connectivity index (χ0) is 13.0. The summed E-state index contributed by atoms with van der Waals surface area (Å²) in [5.74, 6) is 0. The highest BCUT2D eigenvalue weighted by Crippen LogP contribution is 2.23. The molecule has 2 atom stereocenters. The van der Waals surface area contributed by atoms with E-state index in [-0.39, 0.29) is 16.3 Å². The molecular formula is C12H17ClN2O2S. The summed E-state index contributed by atoms with van der Waals surface area (Å²) in [7, 11) is -3.51. The second-order valence-corrected chi connectivity index (χ2v) is 6.85. The molecule has 0 aliphatic heterocycles. The van der Waals surface area contributed by atoms with Crippen LogP contribution in [-0.2, 0) is 10.0 Å². The predicted octanol–water partition coefficient (Wildman–Crippen LogP) is 2.30. The molecule has 18 heavy (non-hydrogen) atoms. The van der Waals surface area contributed by atoms with Gasteiger partial charge in [0.2, 0.25) is 10.0 Å². The first-order valence-electron chi connectivity index (χ1n) is 6.16. The van der Waals surface area contributed by atoms with Crippen molar-refractivity contribution in [1.29, 1.82) is 0 Å². The molecule has 1 fully saturated rings. The Morgan fingerprint density at radius 3 is 2.78 bits per heavy atom. The summed E-state index contributed by atoms with van der Waals surface area (Å²) in [5.41, 5.74) is 0. The fourth-order valence-electron chi connectivity index (χ4n) is 2.17. The predicted molar refractivity (Wildman–Crippen MR) is 71.1 cm³/mol. The van der Waals surface area contributed by atoms with E-state index in [1.54, 1.807) is 12.3 Å². The highest BCUT2D eigenvalue weighted by molar-refractivity contribution is 7.89. The van der Waals surface area contributed by atoms with Crippen LogP contribution in [0.2, 0.25) is 0 Å². The average Bonchev–Trinajstić information content (AvgIpc) is 2.56. The Balaban J connectivity index is 2.12. The summed E-state index contributed by atoms with van der Waals surface area (Å²) >= 11 is 6.24. The van der Waals surface area contributed by atoms with Crippen LogP contribution in [0.15, 0.2) is 29.4 Å². The van der Waals surface area contributed by atoms with Gasteiger partial charge in [0.25, 0.3) is 0 Å². The van der Waals surface area contributed by atoms with Gasteiger partial charge >= 0.3 is 0 Å². The number of alkyl halides is 1. The molecule has 1 heterocycles. The van der Waals surface area contributed by atoms with Crippen LogP contribution in [-0.4, -0.2) is 24.8 Å². The standard InChI is InChI=1S/C12H17ClN2O2S/c13-11-6-2-1-3-7-12(11)15-18(16,17)10-5-4-8-14-9-10/h4-5,8-9,11-12,15H,1-3,6-7H2. The number of pyridine rings is 1. The maximum Gasteiger partial charge on any atom is 0.242 e. The molecule has 2 unspecified atom stereocenters. The van der Waals surface area contributed by atoms with E-state index in [1.165, 1.54) is 12.3 Å². The fourth-order valence-corrected chi connectivity index (χ4v) is 3.86. The van der Waals surface area contributed by atoms with E-state index in [0.717, 1.165) is 32.1 Å². The van der Waals surface area contributed by atoms with E-state index in [9.17, 15) is 8.42 Å². The van der Waals surface area contributed by atoms with Crippen LogP contribution in [0.4, 0.5) is 0 Å². The van der Waals surface area contributed by atoms with Crippen LogP contribution >= 0.6 is 11.6 Å². The van der Waals surface area contributed by atoms with Gasteiger partial charge < -0.3 is 0 Å². The van der Waals surface area contributed by atoms with E-state index in [1.807, 2.05) is 0 Å². The lowest BCUT2D eigenvalue weighted by Crippen LogP contribution is -2.40. The smallest absolute Gasteiger partial charge is 0.242 e. The summed E-state index contributed by atoms with van der Waals surface area (Å²) in [6.45, 7) is 0. The Hall–Kier alpha value is -0.650. The maximum absolute atomic E-state index is 12.1. The minimum absolute atomic E-state index is 0.126. The lowest BCUT2D eigenvalue weighted by molar-refractivity contribution is 0.514. The number of nitrogens with one attached hydrogen (secondary N) is 1. The van der Waals surface area contributed by atoms with Gasteiger partial charge in [-0.15, -0.1) is 11.6 Å². The van der Waals surface area contributed by atoms with Gasteiger partial charge in [-0.25, -0.2) is 13.1 Å². The Labute approximate surface area is 113 Å². The number of hydrogen-bond acceptors (Lipinski definition) is 3. The Morgan fingerprint density at radius 2 is 2.06 bits per heavy atom. The van der Waals surface area contributed by atoms with Crippen molar-refractivity contribution < 1.29 is 8.42 Å². The number of halogens is 1. The largest absolute Gasteiger partial charge is 0.263 e. The topological polar surface area (TPSA) is 59.1 Å². The number of hydrogen-bond donors (Lipinski definition) is 1. The van der Waals surface area contributed by atoms with E-state index in [4.69, 9.17) is 11.6 Å². The van der Waals surface area contributed by atoms with Gasteiger partial charge in [-0.2, -0.15) is 0 Å². The molecule has 1 aromatic rings. The minimum atomic E-state index is -3.51. The van der Waals surface area contributed by atoms with Crippen molar-refractivity contribution in [3.8, 4) is 0 Å². The van der Waals surface area contributed by atoms with Crippen molar-refractivity contribution in [1.82, 2.24) is 9.71 Å². The third-order valence-electron chi connectivity index (χ3n) is 3.18. The van der Waals surface area contributed by atoms with Crippen LogP contribution < -0.4 is 4.72 Å². The lowest BCUT2D eigenvalue weighted by atomic mass is 10.1. The van der Waals surface area contributed by atoms with Crippen LogP contribution in [0.25, 0.3) is 0 Å². The van der Waals surface area contributed by atoms with E-state index in [2.05, 4.69) is 9.71 Å². The number of aromatic nitrogens is 1.